The van der Waals surface area contributed by atoms with E-state index in [2.05, 4.69) is 30.6 Å². The molecule has 0 aliphatic rings. The van der Waals surface area contributed by atoms with E-state index in [0.29, 0.717) is 4.47 Å². The Labute approximate surface area is 134 Å². The smallest absolute Gasteiger partial charge is 0.263 e. The minimum atomic E-state index is -3.96. The van der Waals surface area contributed by atoms with E-state index in [1.807, 2.05) is 0 Å². The van der Waals surface area contributed by atoms with Crippen molar-refractivity contribution in [2.24, 2.45) is 0 Å². The zero-order chi connectivity index (χ0) is 15.6. The van der Waals surface area contributed by atoms with Crippen LogP contribution in [0.4, 0.5) is 5.69 Å². The summed E-state index contributed by atoms with van der Waals surface area (Å²) in [6.45, 7) is 0. The molecule has 0 spiro atoms. The zero-order valence-electron chi connectivity index (χ0n) is 10.5. The SMILES string of the molecule is COc1ncc(S(=O)(=O)Nc2cc(Cl)cnc2O)cc1Br. The molecule has 0 atom stereocenters. The Bertz CT molecular complexity index is 785. The second kappa shape index (κ2) is 6.04. The van der Waals surface area contributed by atoms with Crippen LogP contribution in [-0.2, 0) is 10.0 Å². The third kappa shape index (κ3) is 3.55. The van der Waals surface area contributed by atoms with E-state index >= 15 is 0 Å². The number of hydrogen-bond donors (Lipinski definition) is 2. The van der Waals surface area contributed by atoms with Crippen LogP contribution in [0.25, 0.3) is 0 Å². The van der Waals surface area contributed by atoms with Gasteiger partial charge in [-0.3, -0.25) is 4.72 Å². The molecule has 112 valence electrons. The minimum absolute atomic E-state index is 0.116. The van der Waals surface area contributed by atoms with Gasteiger partial charge in [0.05, 0.1) is 22.8 Å². The van der Waals surface area contributed by atoms with Crippen LogP contribution >= 0.6 is 27.5 Å². The fraction of sp³-hybridized carbons (Fsp3) is 0.0909. The Morgan fingerprint density at radius 3 is 2.67 bits per heavy atom. The lowest BCUT2D eigenvalue weighted by atomic mass is 10.4. The van der Waals surface area contributed by atoms with Crippen LogP contribution in [-0.4, -0.2) is 30.6 Å². The van der Waals surface area contributed by atoms with Gasteiger partial charge < -0.3 is 9.84 Å². The second-order valence-corrected chi connectivity index (χ2v) is 6.77. The number of ether oxygens (including phenoxy) is 1. The first-order valence-electron chi connectivity index (χ1n) is 5.40. The van der Waals surface area contributed by atoms with Gasteiger partial charge in [-0.15, -0.1) is 0 Å². The van der Waals surface area contributed by atoms with Crippen LogP contribution in [0.2, 0.25) is 5.02 Å². The number of halogens is 2. The average molecular weight is 395 g/mol. The summed E-state index contributed by atoms with van der Waals surface area (Å²) < 4.78 is 31.9. The monoisotopic (exact) mass is 393 g/mol. The maximum absolute atomic E-state index is 12.2. The van der Waals surface area contributed by atoms with Crippen molar-refractivity contribution >= 4 is 43.2 Å². The molecule has 0 fully saturated rings. The van der Waals surface area contributed by atoms with Gasteiger partial charge in [-0.1, -0.05) is 11.6 Å². The predicted octanol–water partition coefficient (Wildman–Crippen LogP) is 2.41. The van der Waals surface area contributed by atoms with Crippen molar-refractivity contribution in [2.45, 2.75) is 4.90 Å². The van der Waals surface area contributed by atoms with Gasteiger partial charge in [0.25, 0.3) is 10.0 Å². The van der Waals surface area contributed by atoms with Gasteiger partial charge >= 0.3 is 0 Å². The molecule has 7 nitrogen and oxygen atoms in total. The molecule has 0 radical (unpaired) electrons. The Morgan fingerprint density at radius 2 is 2.05 bits per heavy atom. The number of nitrogens with one attached hydrogen (secondary N) is 1. The van der Waals surface area contributed by atoms with Crippen molar-refractivity contribution in [1.29, 1.82) is 0 Å². The summed E-state index contributed by atoms with van der Waals surface area (Å²) in [5.41, 5.74) is -0.130. The fourth-order valence-electron chi connectivity index (χ4n) is 1.42. The molecule has 0 bridgehead atoms. The summed E-state index contributed by atoms with van der Waals surface area (Å²) in [7, 11) is -2.54. The van der Waals surface area contributed by atoms with Gasteiger partial charge in [-0.05, 0) is 28.1 Å². The van der Waals surface area contributed by atoms with Crippen LogP contribution < -0.4 is 9.46 Å². The number of nitrogens with zero attached hydrogens (tertiary/aromatic N) is 2. The normalized spacial score (nSPS) is 11.2. The van der Waals surface area contributed by atoms with Gasteiger partial charge in [0, 0.05) is 6.20 Å². The predicted molar refractivity (Wildman–Crippen MR) is 80.2 cm³/mol. The van der Waals surface area contributed by atoms with E-state index in [0.717, 1.165) is 6.20 Å². The Balaban J connectivity index is 2.38. The molecule has 0 saturated heterocycles. The van der Waals surface area contributed by atoms with E-state index in [-0.39, 0.29) is 21.5 Å². The van der Waals surface area contributed by atoms with Crippen LogP contribution in [0.5, 0.6) is 11.8 Å². The van der Waals surface area contributed by atoms with Crippen molar-refractivity contribution in [3.63, 3.8) is 0 Å². The summed E-state index contributed by atoms with van der Waals surface area (Å²) in [5.74, 6) is -0.232. The van der Waals surface area contributed by atoms with Crippen molar-refractivity contribution in [2.75, 3.05) is 11.8 Å². The number of anilines is 1. The van der Waals surface area contributed by atoms with Gasteiger partial charge in [0.1, 0.15) is 10.6 Å². The Morgan fingerprint density at radius 1 is 1.33 bits per heavy atom. The van der Waals surface area contributed by atoms with E-state index in [4.69, 9.17) is 16.3 Å². The Hall–Kier alpha value is -1.58. The topological polar surface area (TPSA) is 101 Å². The lowest BCUT2D eigenvalue weighted by molar-refractivity contribution is 0.394. The molecule has 0 unspecified atom stereocenters. The molecule has 0 aliphatic heterocycles. The summed E-state index contributed by atoms with van der Waals surface area (Å²) in [5, 5.41) is 9.72. The number of aromatic hydroxyl groups is 1. The number of hydrogen-bond acceptors (Lipinski definition) is 6. The molecular formula is C11H9BrClN3O4S. The van der Waals surface area contributed by atoms with Crippen LogP contribution in [0, 0.1) is 0 Å². The summed E-state index contributed by atoms with van der Waals surface area (Å²) in [6.07, 6.45) is 2.32. The summed E-state index contributed by atoms with van der Waals surface area (Å²) in [6, 6.07) is 2.57. The third-order valence-electron chi connectivity index (χ3n) is 2.36. The van der Waals surface area contributed by atoms with E-state index in [9.17, 15) is 13.5 Å². The van der Waals surface area contributed by atoms with Gasteiger partial charge in [-0.2, -0.15) is 0 Å². The van der Waals surface area contributed by atoms with Gasteiger partial charge in [0.15, 0.2) is 0 Å². The zero-order valence-corrected chi connectivity index (χ0v) is 13.7. The molecule has 0 aliphatic carbocycles. The quantitative estimate of drug-likeness (QED) is 0.826. The summed E-state index contributed by atoms with van der Waals surface area (Å²) in [4.78, 5) is 7.29. The highest BCUT2D eigenvalue weighted by Gasteiger charge is 2.19. The lowest BCUT2D eigenvalue weighted by Gasteiger charge is -2.10. The number of methoxy groups -OCH3 is 1. The first kappa shape index (κ1) is 15.8. The number of pyridine rings is 2. The number of rotatable bonds is 4. The van der Waals surface area contributed by atoms with Crippen LogP contribution in [0.3, 0.4) is 0 Å². The number of aromatic nitrogens is 2. The highest BCUT2D eigenvalue weighted by atomic mass is 79.9. The minimum Gasteiger partial charge on any atom is -0.492 e. The summed E-state index contributed by atoms with van der Waals surface area (Å²) >= 11 is 8.86. The average Bonchev–Trinajstić information content (AvgIpc) is 2.42. The maximum atomic E-state index is 12.2. The number of sulfonamides is 1. The molecule has 10 heteroatoms. The molecule has 0 aromatic carbocycles. The van der Waals surface area contributed by atoms with Crippen molar-refractivity contribution in [1.82, 2.24) is 9.97 Å². The van der Waals surface area contributed by atoms with E-state index in [1.165, 1.54) is 25.4 Å². The maximum Gasteiger partial charge on any atom is 0.263 e. The standard InChI is InChI=1S/C11H9BrClN3O4S/c1-20-11-8(12)3-7(5-15-11)21(18,19)16-9-2-6(13)4-14-10(9)17/h2-5,16H,1H3,(H,14,17). The molecule has 0 amide bonds. The van der Waals surface area contributed by atoms with Crippen LogP contribution in [0.15, 0.2) is 33.9 Å². The molecule has 2 N–H and O–H groups in total. The molecular weight excluding hydrogens is 386 g/mol. The third-order valence-corrected chi connectivity index (χ3v) is 4.47. The highest BCUT2D eigenvalue weighted by molar-refractivity contribution is 9.10. The van der Waals surface area contributed by atoms with E-state index in [1.54, 1.807) is 0 Å². The first-order valence-corrected chi connectivity index (χ1v) is 8.06. The molecule has 0 saturated carbocycles. The second-order valence-electron chi connectivity index (χ2n) is 3.79. The molecule has 2 aromatic heterocycles. The van der Waals surface area contributed by atoms with Gasteiger partial charge in [-0.25, -0.2) is 18.4 Å². The van der Waals surface area contributed by atoms with Crippen molar-refractivity contribution in [3.8, 4) is 11.8 Å². The Kier molecular flexibility index (Phi) is 4.55. The van der Waals surface area contributed by atoms with Gasteiger partial charge in [0.2, 0.25) is 11.8 Å². The highest BCUT2D eigenvalue weighted by Crippen LogP contribution is 2.28. The van der Waals surface area contributed by atoms with Crippen LogP contribution in [0.1, 0.15) is 0 Å². The molecule has 2 aromatic rings. The van der Waals surface area contributed by atoms with E-state index < -0.39 is 15.9 Å². The molecule has 2 rings (SSSR count). The molecule has 2 heterocycles. The molecule has 21 heavy (non-hydrogen) atoms. The fourth-order valence-corrected chi connectivity index (χ4v) is 3.26. The lowest BCUT2D eigenvalue weighted by Crippen LogP contribution is -2.14. The largest absolute Gasteiger partial charge is 0.492 e. The van der Waals surface area contributed by atoms with Crippen molar-refractivity contribution < 1.29 is 18.3 Å². The first-order chi connectivity index (χ1) is 9.83. The van der Waals surface area contributed by atoms with Crippen molar-refractivity contribution in [3.05, 3.63) is 34.0 Å².